The van der Waals surface area contributed by atoms with Gasteiger partial charge in [-0.25, -0.2) is 4.98 Å². The Morgan fingerprint density at radius 3 is 2.66 bits per heavy atom. The summed E-state index contributed by atoms with van der Waals surface area (Å²) in [4.78, 5) is 29.9. The van der Waals surface area contributed by atoms with Crippen molar-refractivity contribution in [3.05, 3.63) is 54.1 Å². The highest BCUT2D eigenvalue weighted by atomic mass is 16.5. The highest BCUT2D eigenvalue weighted by Crippen LogP contribution is 2.29. The van der Waals surface area contributed by atoms with Crippen LogP contribution >= 0.6 is 0 Å². The van der Waals surface area contributed by atoms with E-state index in [0.717, 1.165) is 12.8 Å². The van der Waals surface area contributed by atoms with Gasteiger partial charge in [0.1, 0.15) is 11.5 Å². The molecule has 2 N–H and O–H groups in total. The predicted molar refractivity (Wildman–Crippen MR) is 110 cm³/mol. The molecule has 29 heavy (non-hydrogen) atoms. The van der Waals surface area contributed by atoms with E-state index in [1.807, 2.05) is 6.92 Å². The molecule has 2 heterocycles. The second-order valence-corrected chi connectivity index (χ2v) is 6.37. The second kappa shape index (κ2) is 9.09. The normalized spacial score (nSPS) is 10.6. The fourth-order valence-corrected chi connectivity index (χ4v) is 2.92. The Bertz CT molecular complexity index is 1030. The first kappa shape index (κ1) is 20.2. The summed E-state index contributed by atoms with van der Waals surface area (Å²) in [6.45, 7) is 2.61. The van der Waals surface area contributed by atoms with Gasteiger partial charge in [0, 0.05) is 18.8 Å². The molecule has 0 saturated carbocycles. The standard InChI is InChI=1S/C21H24N4O4/c1-4-5-11-22-20(26)18-16-8-6-7-12-25(16)19(24-18)21(27)23-15-13-14(28-2)9-10-17(15)29-3/h6-10,12-13H,4-5,11H2,1-3H3,(H,22,26)(H,23,27). The van der Waals surface area contributed by atoms with E-state index >= 15 is 0 Å². The molecule has 8 heteroatoms. The van der Waals surface area contributed by atoms with Gasteiger partial charge in [-0.3, -0.25) is 14.0 Å². The summed E-state index contributed by atoms with van der Waals surface area (Å²) >= 11 is 0. The molecule has 3 aromatic rings. The molecule has 2 aromatic heterocycles. The zero-order valence-corrected chi connectivity index (χ0v) is 16.7. The minimum atomic E-state index is -0.467. The first-order valence-electron chi connectivity index (χ1n) is 9.37. The van der Waals surface area contributed by atoms with Gasteiger partial charge in [0.05, 0.1) is 25.4 Å². The lowest BCUT2D eigenvalue weighted by Crippen LogP contribution is -2.25. The maximum absolute atomic E-state index is 13.0. The number of nitrogens with zero attached hydrogens (tertiary/aromatic N) is 2. The number of unbranched alkanes of at least 4 members (excludes halogenated alkanes) is 1. The number of amides is 2. The molecule has 8 nitrogen and oxygen atoms in total. The maximum atomic E-state index is 13.0. The van der Waals surface area contributed by atoms with Gasteiger partial charge < -0.3 is 20.1 Å². The third kappa shape index (κ3) is 4.31. The van der Waals surface area contributed by atoms with E-state index in [4.69, 9.17) is 9.47 Å². The summed E-state index contributed by atoms with van der Waals surface area (Å²) in [5, 5.41) is 5.63. The smallest absolute Gasteiger partial charge is 0.292 e. The molecular formula is C21H24N4O4. The number of fused-ring (bicyclic) bond motifs is 1. The summed E-state index contributed by atoms with van der Waals surface area (Å²) in [5.74, 6) is 0.388. The topological polar surface area (TPSA) is 94.0 Å². The molecule has 0 unspecified atom stereocenters. The van der Waals surface area contributed by atoms with Crippen LogP contribution in [0.25, 0.3) is 5.52 Å². The highest BCUT2D eigenvalue weighted by molar-refractivity contribution is 6.06. The van der Waals surface area contributed by atoms with E-state index in [1.54, 1.807) is 54.1 Å². The molecule has 0 atom stereocenters. The number of carbonyl (C=O) groups excluding carboxylic acids is 2. The molecule has 3 rings (SSSR count). The van der Waals surface area contributed by atoms with Gasteiger partial charge >= 0.3 is 0 Å². The number of imidazole rings is 1. The molecular weight excluding hydrogens is 372 g/mol. The summed E-state index contributed by atoms with van der Waals surface area (Å²) in [6.07, 6.45) is 3.55. The lowest BCUT2D eigenvalue weighted by molar-refractivity contribution is 0.0950. The molecule has 0 aliphatic carbocycles. The number of pyridine rings is 1. The molecule has 0 spiro atoms. The van der Waals surface area contributed by atoms with Gasteiger partial charge in [-0.05, 0) is 30.7 Å². The fraction of sp³-hybridized carbons (Fsp3) is 0.286. The third-order valence-corrected chi connectivity index (χ3v) is 4.44. The van der Waals surface area contributed by atoms with E-state index in [-0.39, 0.29) is 17.4 Å². The molecule has 0 aliphatic rings. The summed E-state index contributed by atoms with van der Waals surface area (Å²) < 4.78 is 12.1. The van der Waals surface area contributed by atoms with Crippen LogP contribution in [0.1, 0.15) is 40.9 Å². The number of anilines is 1. The lowest BCUT2D eigenvalue weighted by Gasteiger charge is -2.11. The molecule has 0 aliphatic heterocycles. The first-order valence-corrected chi connectivity index (χ1v) is 9.37. The summed E-state index contributed by atoms with van der Waals surface area (Å²) in [7, 11) is 3.06. The minimum absolute atomic E-state index is 0.103. The van der Waals surface area contributed by atoms with Crippen molar-refractivity contribution < 1.29 is 19.1 Å². The van der Waals surface area contributed by atoms with E-state index in [2.05, 4.69) is 15.6 Å². The number of methoxy groups -OCH3 is 2. The quantitative estimate of drug-likeness (QED) is 0.571. The molecule has 0 bridgehead atoms. The van der Waals surface area contributed by atoms with Gasteiger partial charge in [-0.1, -0.05) is 19.4 Å². The fourth-order valence-electron chi connectivity index (χ4n) is 2.92. The molecule has 152 valence electrons. The minimum Gasteiger partial charge on any atom is -0.497 e. The number of nitrogens with one attached hydrogen (secondary N) is 2. The van der Waals surface area contributed by atoms with Gasteiger partial charge in [0.2, 0.25) is 5.82 Å². The van der Waals surface area contributed by atoms with Crippen molar-refractivity contribution in [2.45, 2.75) is 19.8 Å². The monoisotopic (exact) mass is 396 g/mol. The van der Waals surface area contributed by atoms with Crippen molar-refractivity contribution in [3.8, 4) is 11.5 Å². The van der Waals surface area contributed by atoms with Crippen LogP contribution in [0.5, 0.6) is 11.5 Å². The van der Waals surface area contributed by atoms with Crippen molar-refractivity contribution in [2.24, 2.45) is 0 Å². The van der Waals surface area contributed by atoms with Crippen molar-refractivity contribution in [3.63, 3.8) is 0 Å². The number of hydrogen-bond donors (Lipinski definition) is 2. The first-order chi connectivity index (χ1) is 14.1. The Balaban J connectivity index is 1.94. The van der Waals surface area contributed by atoms with Gasteiger partial charge in [-0.15, -0.1) is 0 Å². The van der Waals surface area contributed by atoms with E-state index in [9.17, 15) is 9.59 Å². The number of carbonyl (C=O) groups is 2. The summed E-state index contributed by atoms with van der Waals surface area (Å²) in [6, 6.07) is 10.4. The molecule has 0 fully saturated rings. The Labute approximate surface area is 168 Å². The van der Waals surface area contributed by atoms with Crippen LogP contribution in [0.2, 0.25) is 0 Å². The Kier molecular flexibility index (Phi) is 6.33. The van der Waals surface area contributed by atoms with E-state index in [0.29, 0.717) is 29.2 Å². The average molecular weight is 396 g/mol. The average Bonchev–Trinajstić information content (AvgIpc) is 3.13. The number of aromatic nitrogens is 2. The number of benzene rings is 1. The van der Waals surface area contributed by atoms with Crippen molar-refractivity contribution in [1.29, 1.82) is 0 Å². The largest absolute Gasteiger partial charge is 0.497 e. The SMILES string of the molecule is CCCCNC(=O)c1nc(C(=O)Nc2cc(OC)ccc2OC)n2ccccc12. The van der Waals surface area contributed by atoms with Crippen LogP contribution in [0.4, 0.5) is 5.69 Å². The van der Waals surface area contributed by atoms with Crippen LogP contribution in [0.3, 0.4) is 0 Å². The number of hydrogen-bond acceptors (Lipinski definition) is 5. The van der Waals surface area contributed by atoms with Crippen LogP contribution < -0.4 is 20.1 Å². The predicted octanol–water partition coefficient (Wildman–Crippen LogP) is 3.13. The van der Waals surface area contributed by atoms with Gasteiger partial charge in [0.15, 0.2) is 5.69 Å². The number of rotatable bonds is 8. The van der Waals surface area contributed by atoms with Crippen LogP contribution in [-0.4, -0.2) is 42.0 Å². The number of ether oxygens (including phenoxy) is 2. The maximum Gasteiger partial charge on any atom is 0.292 e. The third-order valence-electron chi connectivity index (χ3n) is 4.44. The van der Waals surface area contributed by atoms with E-state index < -0.39 is 5.91 Å². The zero-order valence-electron chi connectivity index (χ0n) is 16.7. The molecule has 0 radical (unpaired) electrons. The lowest BCUT2D eigenvalue weighted by atomic mass is 10.2. The molecule has 0 saturated heterocycles. The van der Waals surface area contributed by atoms with Gasteiger partial charge in [-0.2, -0.15) is 0 Å². The van der Waals surface area contributed by atoms with Crippen molar-refractivity contribution in [2.75, 3.05) is 26.1 Å². The second-order valence-electron chi connectivity index (χ2n) is 6.37. The Hall–Kier alpha value is -3.55. The van der Waals surface area contributed by atoms with Crippen molar-refractivity contribution >= 4 is 23.0 Å². The zero-order chi connectivity index (χ0) is 20.8. The van der Waals surface area contributed by atoms with Gasteiger partial charge in [0.25, 0.3) is 11.8 Å². The van der Waals surface area contributed by atoms with Crippen LogP contribution in [0.15, 0.2) is 42.6 Å². The molecule has 1 aromatic carbocycles. The summed E-state index contributed by atoms with van der Waals surface area (Å²) in [5.41, 5.74) is 1.21. The Morgan fingerprint density at radius 2 is 1.93 bits per heavy atom. The van der Waals surface area contributed by atoms with Crippen molar-refractivity contribution in [1.82, 2.24) is 14.7 Å². The van der Waals surface area contributed by atoms with Crippen LogP contribution in [0, 0.1) is 0 Å². The highest BCUT2D eigenvalue weighted by Gasteiger charge is 2.22. The Morgan fingerprint density at radius 1 is 1.10 bits per heavy atom. The van der Waals surface area contributed by atoms with Crippen LogP contribution in [-0.2, 0) is 0 Å². The molecule has 2 amide bonds. The van der Waals surface area contributed by atoms with E-state index in [1.165, 1.54) is 7.11 Å².